The Kier molecular flexibility index (Phi) is 48.6. The maximum Gasteiger partial charge on any atom is 0.397 e. The topological polar surface area (TPSA) is 192 Å². The Morgan fingerprint density at radius 3 is 1.10 bits per heavy atom. The van der Waals surface area contributed by atoms with Crippen LogP contribution in [0.2, 0.25) is 0 Å². The van der Waals surface area contributed by atoms with E-state index in [-0.39, 0.29) is 12.5 Å². The van der Waals surface area contributed by atoms with Crippen molar-refractivity contribution in [3.63, 3.8) is 0 Å². The zero-order chi connectivity index (χ0) is 53.3. The Hall–Kier alpha value is -0.900. The fourth-order valence-corrected chi connectivity index (χ4v) is 11.1. The maximum absolute atomic E-state index is 13.1. The third-order valence-corrected chi connectivity index (χ3v) is 15.9. The summed E-state index contributed by atoms with van der Waals surface area (Å²) in [6, 6.07) is -0.852. The summed E-state index contributed by atoms with van der Waals surface area (Å²) < 4.78 is 47.8. The van der Waals surface area contributed by atoms with Crippen LogP contribution in [0.5, 0.6) is 0 Å². The first kappa shape index (κ1) is 70.1. The second-order valence-corrected chi connectivity index (χ2v) is 23.4. The Bertz CT molecular complexity index is 1290. The van der Waals surface area contributed by atoms with Gasteiger partial charge < -0.3 is 35.2 Å². The van der Waals surface area contributed by atoms with E-state index in [1.54, 1.807) is 0 Å². The number of carbonyl (C=O) groups excluding carboxylic acids is 1. The minimum atomic E-state index is -5.08. The van der Waals surface area contributed by atoms with Crippen LogP contribution in [0.3, 0.4) is 0 Å². The minimum absolute atomic E-state index is 0.223. The Morgan fingerprint density at radius 2 is 0.795 bits per heavy atom. The highest BCUT2D eigenvalue weighted by Gasteiger charge is 2.48. The van der Waals surface area contributed by atoms with E-state index in [2.05, 4.69) is 23.3 Å². The molecule has 1 rings (SSSR count). The van der Waals surface area contributed by atoms with Crippen LogP contribution in [0.4, 0.5) is 0 Å². The molecule has 1 saturated heterocycles. The van der Waals surface area contributed by atoms with Crippen LogP contribution in [0.1, 0.15) is 322 Å². The standard InChI is InChI=1S/C60H119NO11S/c1-3-5-7-9-11-13-15-16-17-18-19-20-21-22-23-24-25-26-27-28-29-30-31-32-33-34-35-36-37-38-40-42-44-46-48-50-56(64)61-53(54(63)49-47-45-43-41-39-14-12-10-8-6-4-2)52-70-60-58(66)59(72-73(67,68)69)57(65)55(51-62)71-60/h53-55,57-60,62-63,65-66H,3-52H2,1-2H3,(H,61,64)(H,67,68,69). The average Bonchev–Trinajstić information content (AvgIpc) is 3.37. The average molecular weight is 1060 g/mol. The molecule has 0 aliphatic carbocycles. The van der Waals surface area contributed by atoms with E-state index in [0.717, 1.165) is 51.4 Å². The van der Waals surface area contributed by atoms with E-state index < -0.39 is 59.9 Å². The summed E-state index contributed by atoms with van der Waals surface area (Å²) in [5.41, 5.74) is 0. The van der Waals surface area contributed by atoms with E-state index in [4.69, 9.17) is 9.47 Å². The lowest BCUT2D eigenvalue weighted by atomic mass is 9.99. The summed E-state index contributed by atoms with van der Waals surface area (Å²) >= 11 is 0. The van der Waals surface area contributed by atoms with Crippen molar-refractivity contribution in [1.82, 2.24) is 5.32 Å². The van der Waals surface area contributed by atoms with Crippen molar-refractivity contribution in [2.45, 2.75) is 365 Å². The van der Waals surface area contributed by atoms with Gasteiger partial charge in [-0.15, -0.1) is 0 Å². The van der Waals surface area contributed by atoms with Crippen molar-refractivity contribution in [2.24, 2.45) is 0 Å². The molecule has 0 saturated carbocycles. The first-order valence-corrected chi connectivity index (χ1v) is 32.8. The first-order chi connectivity index (χ1) is 35.5. The molecule has 0 spiro atoms. The summed E-state index contributed by atoms with van der Waals surface area (Å²) in [4.78, 5) is 13.1. The first-order valence-electron chi connectivity index (χ1n) is 31.4. The number of carbonyl (C=O) groups is 1. The van der Waals surface area contributed by atoms with Gasteiger partial charge >= 0.3 is 10.4 Å². The highest BCUT2D eigenvalue weighted by molar-refractivity contribution is 7.80. The van der Waals surface area contributed by atoms with Crippen molar-refractivity contribution < 1.29 is 51.8 Å². The second-order valence-electron chi connectivity index (χ2n) is 22.4. The molecule has 1 amide bonds. The number of rotatable bonds is 56. The van der Waals surface area contributed by atoms with Gasteiger partial charge in [0, 0.05) is 6.42 Å². The number of hydrogen-bond acceptors (Lipinski definition) is 10. The van der Waals surface area contributed by atoms with Gasteiger partial charge in [0.1, 0.15) is 24.4 Å². The number of unbranched alkanes of at least 4 members (excludes halogenated alkanes) is 44. The fraction of sp³-hybridized carbons (Fsp3) is 0.983. The number of amides is 1. The number of ether oxygens (including phenoxy) is 2. The molecule has 1 heterocycles. The van der Waals surface area contributed by atoms with Crippen LogP contribution in [-0.4, -0.2) is 95.4 Å². The van der Waals surface area contributed by atoms with E-state index in [9.17, 15) is 38.2 Å². The Labute approximate surface area is 449 Å². The van der Waals surface area contributed by atoms with Crippen molar-refractivity contribution in [3.8, 4) is 0 Å². The summed E-state index contributed by atoms with van der Waals surface area (Å²) in [6.07, 6.45) is 51.6. The molecule has 73 heavy (non-hydrogen) atoms. The SMILES string of the molecule is CCCCCCCCCCCCCCCCCCCCCCCCCCCCCCCCCCCCCC(=O)NC(COC1OC(CO)C(O)C(OS(=O)(=O)O)C1O)C(O)CCCCCCCCCCCCC. The number of hydrogen-bond donors (Lipinski definition) is 6. The van der Waals surface area contributed by atoms with Crippen molar-refractivity contribution >= 4 is 16.3 Å². The molecule has 436 valence electrons. The van der Waals surface area contributed by atoms with Gasteiger partial charge in [0.2, 0.25) is 5.91 Å². The van der Waals surface area contributed by atoms with E-state index in [0.29, 0.717) is 12.8 Å². The van der Waals surface area contributed by atoms with Gasteiger partial charge in [-0.3, -0.25) is 9.35 Å². The highest BCUT2D eigenvalue weighted by Crippen LogP contribution is 2.26. The maximum atomic E-state index is 13.1. The summed E-state index contributed by atoms with van der Waals surface area (Å²) in [5, 5.41) is 45.0. The number of aliphatic hydroxyl groups excluding tert-OH is 4. The van der Waals surface area contributed by atoms with Crippen LogP contribution in [0.15, 0.2) is 0 Å². The molecular formula is C60H119NO11S. The quantitative estimate of drug-likeness (QED) is 0.0251. The molecule has 7 unspecified atom stereocenters. The zero-order valence-electron chi connectivity index (χ0n) is 47.5. The van der Waals surface area contributed by atoms with Crippen LogP contribution in [0, 0.1) is 0 Å². The molecule has 13 heteroatoms. The molecule has 1 aliphatic rings. The molecular weight excluding hydrogens is 943 g/mol. The van der Waals surface area contributed by atoms with Crippen molar-refractivity contribution in [1.29, 1.82) is 0 Å². The summed E-state index contributed by atoms with van der Waals surface area (Å²) in [5.74, 6) is -0.223. The van der Waals surface area contributed by atoms with Gasteiger partial charge in [-0.1, -0.05) is 303 Å². The molecule has 6 N–H and O–H groups in total. The van der Waals surface area contributed by atoms with E-state index in [1.807, 2.05) is 0 Å². The van der Waals surface area contributed by atoms with Gasteiger partial charge in [0.05, 0.1) is 25.4 Å². The van der Waals surface area contributed by atoms with E-state index >= 15 is 0 Å². The smallest absolute Gasteiger partial charge is 0.394 e. The van der Waals surface area contributed by atoms with Gasteiger partial charge in [0.25, 0.3) is 0 Å². The van der Waals surface area contributed by atoms with E-state index in [1.165, 1.54) is 244 Å². The Balaban J connectivity index is 2.12. The highest BCUT2D eigenvalue weighted by atomic mass is 32.3. The lowest BCUT2D eigenvalue weighted by Crippen LogP contribution is -2.61. The van der Waals surface area contributed by atoms with Gasteiger partial charge in [-0.05, 0) is 12.8 Å². The number of nitrogens with one attached hydrogen (secondary N) is 1. The molecule has 1 fully saturated rings. The molecule has 7 atom stereocenters. The van der Waals surface area contributed by atoms with Crippen LogP contribution in [0.25, 0.3) is 0 Å². The second kappa shape index (κ2) is 50.6. The predicted molar refractivity (Wildman–Crippen MR) is 301 cm³/mol. The lowest BCUT2D eigenvalue weighted by molar-refractivity contribution is -0.298. The molecule has 0 radical (unpaired) electrons. The molecule has 0 aromatic heterocycles. The summed E-state index contributed by atoms with van der Waals surface area (Å²) in [6.45, 7) is 3.48. The fourth-order valence-electron chi connectivity index (χ4n) is 10.6. The lowest BCUT2D eigenvalue weighted by Gasteiger charge is -2.41. The van der Waals surface area contributed by atoms with Crippen LogP contribution in [-0.2, 0) is 28.9 Å². The van der Waals surface area contributed by atoms with Gasteiger partial charge in [-0.25, -0.2) is 4.18 Å². The molecule has 0 aromatic carbocycles. The molecule has 0 bridgehead atoms. The molecule has 0 aromatic rings. The van der Waals surface area contributed by atoms with Gasteiger partial charge in [-0.2, -0.15) is 8.42 Å². The summed E-state index contributed by atoms with van der Waals surface area (Å²) in [7, 11) is -5.08. The normalized spacial score (nSPS) is 19.1. The van der Waals surface area contributed by atoms with Crippen LogP contribution < -0.4 is 5.32 Å². The third-order valence-electron chi connectivity index (χ3n) is 15.4. The predicted octanol–water partition coefficient (Wildman–Crippen LogP) is 15.2. The Morgan fingerprint density at radius 1 is 0.493 bits per heavy atom. The largest absolute Gasteiger partial charge is 0.397 e. The minimum Gasteiger partial charge on any atom is -0.394 e. The van der Waals surface area contributed by atoms with Crippen LogP contribution >= 0.6 is 0 Å². The van der Waals surface area contributed by atoms with Crippen molar-refractivity contribution in [2.75, 3.05) is 13.2 Å². The molecule has 12 nitrogen and oxygen atoms in total. The number of aliphatic hydroxyl groups is 4. The van der Waals surface area contributed by atoms with Crippen molar-refractivity contribution in [3.05, 3.63) is 0 Å². The third kappa shape index (κ3) is 42.8. The van der Waals surface area contributed by atoms with Gasteiger partial charge in [0.15, 0.2) is 6.29 Å². The monoisotopic (exact) mass is 1060 g/mol. The molecule has 1 aliphatic heterocycles. The zero-order valence-corrected chi connectivity index (χ0v) is 48.3.